The molecular weight excluding hydrogens is 709 g/mol. The fourth-order valence-corrected chi connectivity index (χ4v) is 7.60. The normalized spacial score (nSPS) is 12.5. The zero-order valence-electron chi connectivity index (χ0n) is 39.0. The molecule has 1 unspecified atom stereocenters. The highest BCUT2D eigenvalue weighted by Gasteiger charge is 2.19. The van der Waals surface area contributed by atoms with Gasteiger partial charge < -0.3 is 14.2 Å². The molecule has 0 saturated heterocycles. The molecule has 0 rings (SSSR count). The Hall–Kier alpha value is -1.59. The van der Waals surface area contributed by atoms with E-state index in [2.05, 4.69) is 34.6 Å². The van der Waals surface area contributed by atoms with Crippen molar-refractivity contribution in [3.8, 4) is 0 Å². The summed E-state index contributed by atoms with van der Waals surface area (Å²) < 4.78 is 16.8. The maximum atomic E-state index is 12.8. The van der Waals surface area contributed by atoms with Crippen LogP contribution in [0.3, 0.4) is 0 Å². The lowest BCUT2D eigenvalue weighted by molar-refractivity contribution is -0.167. The van der Waals surface area contributed by atoms with E-state index < -0.39 is 6.10 Å². The zero-order valence-corrected chi connectivity index (χ0v) is 39.0. The van der Waals surface area contributed by atoms with Crippen molar-refractivity contribution in [1.29, 1.82) is 0 Å². The van der Waals surface area contributed by atoms with Crippen LogP contribution in [0.25, 0.3) is 0 Å². The van der Waals surface area contributed by atoms with Crippen LogP contribution in [-0.2, 0) is 28.6 Å². The van der Waals surface area contributed by atoms with Gasteiger partial charge in [-0.2, -0.15) is 0 Å². The number of unbranched alkanes of at least 4 members (excludes halogenated alkanes) is 29. The maximum absolute atomic E-state index is 12.8. The van der Waals surface area contributed by atoms with Gasteiger partial charge in [-0.05, 0) is 31.1 Å². The monoisotopic (exact) mass is 807 g/mol. The second-order valence-electron chi connectivity index (χ2n) is 18.2. The molecule has 0 amide bonds. The van der Waals surface area contributed by atoms with E-state index in [4.69, 9.17) is 14.2 Å². The average Bonchev–Trinajstić information content (AvgIpc) is 3.19. The Labute approximate surface area is 355 Å². The quantitative estimate of drug-likeness (QED) is 0.0346. The van der Waals surface area contributed by atoms with E-state index in [1.807, 2.05) is 0 Å². The van der Waals surface area contributed by atoms with E-state index in [-0.39, 0.29) is 31.1 Å². The van der Waals surface area contributed by atoms with E-state index in [0.29, 0.717) is 19.3 Å². The van der Waals surface area contributed by atoms with Crippen LogP contribution >= 0.6 is 0 Å². The lowest BCUT2D eigenvalue weighted by Gasteiger charge is -2.18. The number of hydrogen-bond donors (Lipinski definition) is 0. The van der Waals surface area contributed by atoms with Gasteiger partial charge in [-0.15, -0.1) is 0 Å². The van der Waals surface area contributed by atoms with Gasteiger partial charge in [0.15, 0.2) is 6.10 Å². The molecule has 0 fully saturated rings. The number of rotatable bonds is 45. The van der Waals surface area contributed by atoms with E-state index in [0.717, 1.165) is 69.6 Å². The molecule has 0 aromatic heterocycles. The molecule has 2 atom stereocenters. The Morgan fingerprint density at radius 3 is 1.00 bits per heavy atom. The van der Waals surface area contributed by atoms with Gasteiger partial charge in [0.05, 0.1) is 0 Å². The summed E-state index contributed by atoms with van der Waals surface area (Å²) in [4.78, 5) is 37.9. The van der Waals surface area contributed by atoms with Crippen LogP contribution < -0.4 is 0 Å². The standard InChI is InChI=1S/C51H98O6/c1-6-8-9-10-11-12-13-14-15-16-21-28-33-38-43-51(54)57-48(45-56-50(53)42-37-32-27-23-22-25-30-35-40-47(5)7-2)44-55-49(52)41-36-31-26-20-18-17-19-24-29-34-39-46(3)4/h46-48H,6-45H2,1-5H3/t47?,48-/m0/s1. The molecule has 6 heteroatoms. The number of carbonyl (C=O) groups is 3. The molecule has 338 valence electrons. The molecular formula is C51H98O6. The van der Waals surface area contributed by atoms with Crippen LogP contribution in [0.1, 0.15) is 279 Å². The van der Waals surface area contributed by atoms with Crippen molar-refractivity contribution >= 4 is 17.9 Å². The molecule has 0 N–H and O–H groups in total. The Kier molecular flexibility index (Phi) is 42.7. The molecule has 0 heterocycles. The molecule has 0 aliphatic carbocycles. The van der Waals surface area contributed by atoms with Crippen LogP contribution in [-0.4, -0.2) is 37.2 Å². The summed E-state index contributed by atoms with van der Waals surface area (Å²) in [7, 11) is 0. The zero-order chi connectivity index (χ0) is 41.9. The van der Waals surface area contributed by atoms with E-state index in [1.54, 1.807) is 0 Å². The van der Waals surface area contributed by atoms with Crippen molar-refractivity contribution in [2.24, 2.45) is 11.8 Å². The Balaban J connectivity index is 4.34. The highest BCUT2D eigenvalue weighted by atomic mass is 16.6. The van der Waals surface area contributed by atoms with Gasteiger partial charge in [0, 0.05) is 19.3 Å². The van der Waals surface area contributed by atoms with E-state index in [1.165, 1.54) is 167 Å². The molecule has 0 aliphatic rings. The van der Waals surface area contributed by atoms with Gasteiger partial charge in [0.1, 0.15) is 13.2 Å². The molecule has 0 aliphatic heterocycles. The second kappa shape index (κ2) is 44.0. The molecule has 57 heavy (non-hydrogen) atoms. The summed E-state index contributed by atoms with van der Waals surface area (Å²) in [6.45, 7) is 11.4. The largest absolute Gasteiger partial charge is 0.462 e. The van der Waals surface area contributed by atoms with Crippen molar-refractivity contribution in [2.75, 3.05) is 13.2 Å². The third-order valence-electron chi connectivity index (χ3n) is 11.8. The van der Waals surface area contributed by atoms with Crippen LogP contribution in [0, 0.1) is 11.8 Å². The highest BCUT2D eigenvalue weighted by molar-refractivity contribution is 5.71. The van der Waals surface area contributed by atoms with Gasteiger partial charge in [-0.25, -0.2) is 0 Å². The third kappa shape index (κ3) is 43.8. The van der Waals surface area contributed by atoms with Crippen LogP contribution in [0.4, 0.5) is 0 Å². The van der Waals surface area contributed by atoms with E-state index >= 15 is 0 Å². The number of esters is 3. The van der Waals surface area contributed by atoms with Crippen molar-refractivity contribution in [2.45, 2.75) is 285 Å². The number of ether oxygens (including phenoxy) is 3. The number of hydrogen-bond acceptors (Lipinski definition) is 6. The van der Waals surface area contributed by atoms with E-state index in [9.17, 15) is 14.4 Å². The Morgan fingerprint density at radius 2 is 0.667 bits per heavy atom. The van der Waals surface area contributed by atoms with Crippen molar-refractivity contribution in [1.82, 2.24) is 0 Å². The van der Waals surface area contributed by atoms with Crippen LogP contribution in [0.15, 0.2) is 0 Å². The fourth-order valence-electron chi connectivity index (χ4n) is 7.60. The molecule has 0 radical (unpaired) electrons. The van der Waals surface area contributed by atoms with Gasteiger partial charge in [0.25, 0.3) is 0 Å². The topological polar surface area (TPSA) is 78.9 Å². The molecule has 0 bridgehead atoms. The smallest absolute Gasteiger partial charge is 0.306 e. The van der Waals surface area contributed by atoms with Crippen LogP contribution in [0.5, 0.6) is 0 Å². The minimum Gasteiger partial charge on any atom is -0.462 e. The highest BCUT2D eigenvalue weighted by Crippen LogP contribution is 2.17. The first-order chi connectivity index (χ1) is 27.8. The summed E-state index contributed by atoms with van der Waals surface area (Å²) in [5, 5.41) is 0. The Bertz CT molecular complexity index is 872. The SMILES string of the molecule is CCCCCCCCCCCCCCCCC(=O)O[C@@H](COC(=O)CCCCCCCCCCCCC(C)C)COC(=O)CCCCCCCCCCC(C)CC. The second-order valence-corrected chi connectivity index (χ2v) is 18.2. The minimum atomic E-state index is -0.761. The summed E-state index contributed by atoms with van der Waals surface area (Å²) in [5.74, 6) is 0.815. The van der Waals surface area contributed by atoms with Gasteiger partial charge in [-0.3, -0.25) is 14.4 Å². The first kappa shape index (κ1) is 55.4. The van der Waals surface area contributed by atoms with Crippen LogP contribution in [0.2, 0.25) is 0 Å². The molecule has 0 aromatic rings. The van der Waals surface area contributed by atoms with Gasteiger partial charge >= 0.3 is 17.9 Å². The summed E-state index contributed by atoms with van der Waals surface area (Å²) >= 11 is 0. The predicted molar refractivity (Wildman–Crippen MR) is 243 cm³/mol. The first-order valence-corrected chi connectivity index (χ1v) is 25.3. The average molecular weight is 807 g/mol. The lowest BCUT2D eigenvalue weighted by Crippen LogP contribution is -2.30. The fraction of sp³-hybridized carbons (Fsp3) is 0.941. The van der Waals surface area contributed by atoms with Crippen molar-refractivity contribution in [3.63, 3.8) is 0 Å². The van der Waals surface area contributed by atoms with Crippen molar-refractivity contribution < 1.29 is 28.6 Å². The van der Waals surface area contributed by atoms with Crippen molar-refractivity contribution in [3.05, 3.63) is 0 Å². The first-order valence-electron chi connectivity index (χ1n) is 25.3. The molecule has 6 nitrogen and oxygen atoms in total. The lowest BCUT2D eigenvalue weighted by atomic mass is 9.99. The van der Waals surface area contributed by atoms with Gasteiger partial charge in [0.2, 0.25) is 0 Å². The minimum absolute atomic E-state index is 0.0644. The molecule has 0 aromatic carbocycles. The summed E-state index contributed by atoms with van der Waals surface area (Å²) in [6.07, 6.45) is 43.6. The third-order valence-corrected chi connectivity index (χ3v) is 11.8. The van der Waals surface area contributed by atoms with Gasteiger partial charge in [-0.1, -0.05) is 240 Å². The maximum Gasteiger partial charge on any atom is 0.306 e. The predicted octanol–water partition coefficient (Wildman–Crippen LogP) is 16.1. The summed E-state index contributed by atoms with van der Waals surface area (Å²) in [6, 6.07) is 0. The summed E-state index contributed by atoms with van der Waals surface area (Å²) in [5.41, 5.74) is 0. The molecule has 0 spiro atoms. The number of carbonyl (C=O) groups excluding carboxylic acids is 3. The molecule has 0 saturated carbocycles. The Morgan fingerprint density at radius 1 is 0.368 bits per heavy atom.